The lowest BCUT2D eigenvalue weighted by Gasteiger charge is -2.35. The summed E-state index contributed by atoms with van der Waals surface area (Å²) in [4.78, 5) is 38.3. The van der Waals surface area contributed by atoms with Gasteiger partial charge in [0.2, 0.25) is 5.91 Å². The summed E-state index contributed by atoms with van der Waals surface area (Å²) >= 11 is 0. The molecule has 1 aliphatic heterocycles. The van der Waals surface area contributed by atoms with E-state index < -0.39 is 12.1 Å². The number of aryl methyl sites for hydroxylation is 1. The number of piperazine rings is 1. The Kier molecular flexibility index (Phi) is 6.97. The molecule has 142 valence electrons. The lowest BCUT2D eigenvalue weighted by molar-refractivity contribution is -0.140. The number of ether oxygens (including phenoxy) is 1. The number of amides is 2. The molecule has 0 aromatic heterocycles. The van der Waals surface area contributed by atoms with Crippen LogP contribution in [-0.4, -0.2) is 78.1 Å². The zero-order valence-electron chi connectivity index (χ0n) is 15.1. The maximum Gasteiger partial charge on any atom is 0.322 e. The molecule has 0 radical (unpaired) electrons. The summed E-state index contributed by atoms with van der Waals surface area (Å²) in [7, 11) is 0. The topological polar surface area (TPSA) is 99.2 Å². The van der Waals surface area contributed by atoms with Crippen molar-refractivity contribution in [2.24, 2.45) is 0 Å². The number of hydrogen-bond acceptors (Lipinski definition) is 5. The first-order valence-corrected chi connectivity index (χ1v) is 8.58. The number of carbonyl (C=O) groups excluding carboxylic acids is 2. The van der Waals surface area contributed by atoms with E-state index >= 15 is 0 Å². The molecule has 0 aliphatic carbocycles. The molecule has 0 spiro atoms. The van der Waals surface area contributed by atoms with Gasteiger partial charge in [0, 0.05) is 26.2 Å². The van der Waals surface area contributed by atoms with Crippen LogP contribution in [0, 0.1) is 6.92 Å². The monoisotopic (exact) mass is 363 g/mol. The molecule has 1 fully saturated rings. The molecule has 2 N–H and O–H groups in total. The Morgan fingerprint density at radius 3 is 2.54 bits per heavy atom. The van der Waals surface area contributed by atoms with Gasteiger partial charge in [-0.05, 0) is 31.5 Å². The fraction of sp³-hybridized carbons (Fsp3) is 0.500. The Labute approximate surface area is 152 Å². The minimum Gasteiger partial charge on any atom is -0.481 e. The highest BCUT2D eigenvalue weighted by Gasteiger charge is 2.26. The van der Waals surface area contributed by atoms with Crippen LogP contribution in [0.4, 0.5) is 0 Å². The van der Waals surface area contributed by atoms with Crippen LogP contribution < -0.4 is 10.1 Å². The number of carboxylic acids is 1. The van der Waals surface area contributed by atoms with E-state index in [2.05, 4.69) is 5.32 Å². The number of nitrogens with one attached hydrogen (secondary N) is 1. The number of hydrogen-bond donors (Lipinski definition) is 2. The predicted molar refractivity (Wildman–Crippen MR) is 94.9 cm³/mol. The second-order valence-electron chi connectivity index (χ2n) is 6.35. The number of carboxylic acid groups (broad SMARTS) is 1. The second kappa shape index (κ2) is 9.19. The van der Waals surface area contributed by atoms with Gasteiger partial charge in [-0.2, -0.15) is 0 Å². The van der Waals surface area contributed by atoms with Crippen molar-refractivity contribution >= 4 is 17.8 Å². The molecular formula is C18H25N3O5. The van der Waals surface area contributed by atoms with Gasteiger partial charge in [0.15, 0.2) is 6.10 Å². The molecule has 2 rings (SSSR count). The van der Waals surface area contributed by atoms with Crippen LogP contribution >= 0.6 is 0 Å². The van der Waals surface area contributed by atoms with Gasteiger partial charge >= 0.3 is 5.97 Å². The number of rotatable bonds is 7. The SMILES string of the molecule is Cc1cccc(OC(C)C(=O)N2CCN(CC(=O)NCC(=O)O)CC2)c1. The summed E-state index contributed by atoms with van der Waals surface area (Å²) in [6.07, 6.45) is -0.581. The summed E-state index contributed by atoms with van der Waals surface area (Å²) in [6.45, 7) is 5.57. The fourth-order valence-electron chi connectivity index (χ4n) is 2.76. The Morgan fingerprint density at radius 1 is 1.23 bits per heavy atom. The van der Waals surface area contributed by atoms with Gasteiger partial charge in [0.05, 0.1) is 6.54 Å². The lowest BCUT2D eigenvalue weighted by Crippen LogP contribution is -2.53. The predicted octanol–water partition coefficient (Wildman–Crippen LogP) is 0.107. The highest BCUT2D eigenvalue weighted by atomic mass is 16.5. The first kappa shape index (κ1) is 19.7. The van der Waals surface area contributed by atoms with Gasteiger partial charge in [0.25, 0.3) is 5.91 Å². The molecule has 8 heteroatoms. The summed E-state index contributed by atoms with van der Waals surface area (Å²) in [5.74, 6) is -0.819. The summed E-state index contributed by atoms with van der Waals surface area (Å²) in [5.41, 5.74) is 1.07. The molecule has 0 saturated carbocycles. The van der Waals surface area contributed by atoms with E-state index in [0.717, 1.165) is 5.56 Å². The first-order chi connectivity index (χ1) is 12.3. The molecule has 8 nitrogen and oxygen atoms in total. The van der Waals surface area contributed by atoms with E-state index in [1.165, 1.54) is 0 Å². The third-order valence-electron chi connectivity index (χ3n) is 4.14. The third kappa shape index (κ3) is 6.03. The quantitative estimate of drug-likeness (QED) is 0.713. The standard InChI is InChI=1S/C18H25N3O5/c1-13-4-3-5-15(10-13)26-14(2)18(25)21-8-6-20(7-9-21)12-16(22)19-11-17(23)24/h3-5,10,14H,6-9,11-12H2,1-2H3,(H,19,22)(H,23,24). The van der Waals surface area contributed by atoms with Crippen molar-refractivity contribution < 1.29 is 24.2 Å². The van der Waals surface area contributed by atoms with Gasteiger partial charge in [-0.3, -0.25) is 19.3 Å². The van der Waals surface area contributed by atoms with Gasteiger partial charge in [-0.1, -0.05) is 12.1 Å². The normalized spacial score (nSPS) is 16.0. The van der Waals surface area contributed by atoms with Gasteiger partial charge in [-0.15, -0.1) is 0 Å². The highest BCUT2D eigenvalue weighted by Crippen LogP contribution is 2.15. The molecule has 1 unspecified atom stereocenters. The van der Waals surface area contributed by atoms with Gasteiger partial charge in [0.1, 0.15) is 12.3 Å². The lowest BCUT2D eigenvalue weighted by atomic mass is 10.2. The van der Waals surface area contributed by atoms with Crippen LogP contribution in [0.1, 0.15) is 12.5 Å². The van der Waals surface area contributed by atoms with Crippen molar-refractivity contribution in [3.05, 3.63) is 29.8 Å². The zero-order chi connectivity index (χ0) is 19.1. The largest absolute Gasteiger partial charge is 0.481 e. The number of aliphatic carboxylic acids is 1. The van der Waals surface area contributed by atoms with E-state index in [9.17, 15) is 14.4 Å². The maximum atomic E-state index is 12.5. The van der Waals surface area contributed by atoms with Crippen LogP contribution in [0.25, 0.3) is 0 Å². The maximum absolute atomic E-state index is 12.5. The van der Waals surface area contributed by atoms with Crippen LogP contribution in [0.5, 0.6) is 5.75 Å². The van der Waals surface area contributed by atoms with E-state index in [0.29, 0.717) is 31.9 Å². The minimum atomic E-state index is -1.07. The minimum absolute atomic E-state index is 0.0820. The Morgan fingerprint density at radius 2 is 1.92 bits per heavy atom. The summed E-state index contributed by atoms with van der Waals surface area (Å²) < 4.78 is 5.73. The van der Waals surface area contributed by atoms with Crippen LogP contribution in [-0.2, 0) is 14.4 Å². The molecule has 1 saturated heterocycles. The van der Waals surface area contributed by atoms with Crippen molar-refractivity contribution in [1.29, 1.82) is 0 Å². The smallest absolute Gasteiger partial charge is 0.322 e. The van der Waals surface area contributed by atoms with Crippen LogP contribution in [0.2, 0.25) is 0 Å². The Balaban J connectivity index is 1.76. The molecular weight excluding hydrogens is 338 g/mol. The molecule has 2 amide bonds. The third-order valence-corrected chi connectivity index (χ3v) is 4.14. The van der Waals surface area contributed by atoms with Gasteiger partial charge in [-0.25, -0.2) is 0 Å². The number of carbonyl (C=O) groups is 3. The van der Waals surface area contributed by atoms with Crippen molar-refractivity contribution in [3.8, 4) is 5.75 Å². The number of benzene rings is 1. The summed E-state index contributed by atoms with van der Waals surface area (Å²) in [5, 5.41) is 10.9. The molecule has 1 aromatic rings. The molecule has 26 heavy (non-hydrogen) atoms. The van der Waals surface area contributed by atoms with E-state index in [1.54, 1.807) is 11.8 Å². The molecule has 1 atom stereocenters. The number of nitrogens with zero attached hydrogens (tertiary/aromatic N) is 2. The van der Waals surface area contributed by atoms with Crippen molar-refractivity contribution in [2.75, 3.05) is 39.3 Å². The molecule has 1 aromatic carbocycles. The average Bonchev–Trinajstić information content (AvgIpc) is 2.60. The summed E-state index contributed by atoms with van der Waals surface area (Å²) in [6, 6.07) is 7.56. The van der Waals surface area contributed by atoms with Gasteiger partial charge < -0.3 is 20.1 Å². The average molecular weight is 363 g/mol. The molecule has 1 aliphatic rings. The zero-order valence-corrected chi connectivity index (χ0v) is 15.1. The molecule has 1 heterocycles. The molecule has 0 bridgehead atoms. The van der Waals surface area contributed by atoms with E-state index in [1.807, 2.05) is 36.1 Å². The van der Waals surface area contributed by atoms with Crippen LogP contribution in [0.3, 0.4) is 0 Å². The van der Waals surface area contributed by atoms with Crippen molar-refractivity contribution in [2.45, 2.75) is 20.0 Å². The Bertz CT molecular complexity index is 656. The first-order valence-electron chi connectivity index (χ1n) is 8.58. The van der Waals surface area contributed by atoms with Crippen LogP contribution in [0.15, 0.2) is 24.3 Å². The van der Waals surface area contributed by atoms with Crippen molar-refractivity contribution in [3.63, 3.8) is 0 Å². The van der Waals surface area contributed by atoms with E-state index in [-0.39, 0.29) is 24.9 Å². The van der Waals surface area contributed by atoms with Crippen molar-refractivity contribution in [1.82, 2.24) is 15.1 Å². The second-order valence-corrected chi connectivity index (χ2v) is 6.35. The van der Waals surface area contributed by atoms with E-state index in [4.69, 9.17) is 9.84 Å². The fourth-order valence-corrected chi connectivity index (χ4v) is 2.76. The highest BCUT2D eigenvalue weighted by molar-refractivity contribution is 5.83. The Hall–Kier alpha value is -2.61.